The lowest BCUT2D eigenvalue weighted by molar-refractivity contribution is -0.132. The molecule has 18 heavy (non-hydrogen) atoms. The first-order valence-corrected chi connectivity index (χ1v) is 7.31. The van der Waals surface area contributed by atoms with Crippen molar-refractivity contribution in [2.24, 2.45) is 0 Å². The zero-order valence-electron chi connectivity index (χ0n) is 12.0. The minimum atomic E-state index is 0.282. The Morgan fingerprint density at radius 1 is 1.33 bits per heavy atom. The number of nitrogens with one attached hydrogen (secondary N) is 1. The summed E-state index contributed by atoms with van der Waals surface area (Å²) < 4.78 is 0. The van der Waals surface area contributed by atoms with Crippen molar-refractivity contribution in [2.45, 2.75) is 57.7 Å². The van der Waals surface area contributed by atoms with Gasteiger partial charge in [-0.2, -0.15) is 0 Å². The summed E-state index contributed by atoms with van der Waals surface area (Å²) in [6.45, 7) is 7.07. The third-order valence-electron chi connectivity index (χ3n) is 4.17. The van der Waals surface area contributed by atoms with Crippen LogP contribution < -0.4 is 5.32 Å². The molecule has 1 saturated heterocycles. The lowest BCUT2D eigenvalue weighted by Crippen LogP contribution is -2.47. The van der Waals surface area contributed by atoms with Gasteiger partial charge in [-0.15, -0.1) is 0 Å². The van der Waals surface area contributed by atoms with Crippen LogP contribution in [0.5, 0.6) is 0 Å². The van der Waals surface area contributed by atoms with Crippen LogP contribution in [-0.4, -0.2) is 60.5 Å². The first-order valence-electron chi connectivity index (χ1n) is 7.31. The van der Waals surface area contributed by atoms with Crippen molar-refractivity contribution in [2.75, 3.05) is 26.7 Å². The lowest BCUT2D eigenvalue weighted by Gasteiger charge is -2.30. The van der Waals surface area contributed by atoms with E-state index in [0.717, 1.165) is 13.1 Å². The van der Waals surface area contributed by atoms with Crippen LogP contribution in [0, 0.1) is 0 Å². The quantitative estimate of drug-likeness (QED) is 0.769. The molecule has 0 aromatic carbocycles. The molecule has 1 atom stereocenters. The van der Waals surface area contributed by atoms with Crippen LogP contribution >= 0.6 is 0 Å². The Balaban J connectivity index is 1.82. The Bertz CT molecular complexity index is 283. The number of hydrogen-bond acceptors (Lipinski definition) is 3. The van der Waals surface area contributed by atoms with Crippen LogP contribution in [-0.2, 0) is 4.79 Å². The van der Waals surface area contributed by atoms with Gasteiger partial charge in [-0.1, -0.05) is 0 Å². The standard InChI is InChI=1S/C14H27N3O/c1-11(2)17(9-12-5-4-8-15-12)10-14(18)16(3)13-6-7-13/h11-13,15H,4-10H2,1-3H3. The van der Waals surface area contributed by atoms with Crippen LogP contribution in [0.25, 0.3) is 0 Å². The maximum Gasteiger partial charge on any atom is 0.236 e. The van der Waals surface area contributed by atoms with Crippen molar-refractivity contribution >= 4 is 5.91 Å². The SMILES string of the molecule is CC(C)N(CC(=O)N(C)C1CC1)CC1CCCN1. The van der Waals surface area contributed by atoms with Crippen molar-refractivity contribution in [3.63, 3.8) is 0 Å². The molecule has 1 heterocycles. The first-order chi connectivity index (χ1) is 8.58. The predicted molar refractivity (Wildman–Crippen MR) is 73.5 cm³/mol. The molecule has 1 N–H and O–H groups in total. The van der Waals surface area contributed by atoms with Crippen LogP contribution in [0.1, 0.15) is 39.5 Å². The summed E-state index contributed by atoms with van der Waals surface area (Å²) in [4.78, 5) is 16.4. The number of carbonyl (C=O) groups is 1. The van der Waals surface area contributed by atoms with Gasteiger partial charge >= 0.3 is 0 Å². The number of nitrogens with zero attached hydrogens (tertiary/aromatic N) is 2. The average Bonchev–Trinajstić information content (AvgIpc) is 3.06. The van der Waals surface area contributed by atoms with Crippen molar-refractivity contribution in [1.29, 1.82) is 0 Å². The van der Waals surface area contributed by atoms with E-state index < -0.39 is 0 Å². The fourth-order valence-corrected chi connectivity index (χ4v) is 2.60. The summed E-state index contributed by atoms with van der Waals surface area (Å²) in [5, 5.41) is 3.51. The van der Waals surface area contributed by atoms with Gasteiger partial charge in [-0.25, -0.2) is 0 Å². The minimum absolute atomic E-state index is 0.282. The van der Waals surface area contributed by atoms with Gasteiger partial charge in [-0.3, -0.25) is 9.69 Å². The van der Waals surface area contributed by atoms with Gasteiger partial charge in [0.1, 0.15) is 0 Å². The van der Waals surface area contributed by atoms with E-state index in [9.17, 15) is 4.79 Å². The molecule has 1 unspecified atom stereocenters. The topological polar surface area (TPSA) is 35.6 Å². The van der Waals surface area contributed by atoms with E-state index in [1.54, 1.807) is 0 Å². The molecule has 1 aliphatic carbocycles. The number of carbonyl (C=O) groups excluding carboxylic acids is 1. The largest absolute Gasteiger partial charge is 0.342 e. The van der Waals surface area contributed by atoms with Crippen molar-refractivity contribution in [3.8, 4) is 0 Å². The fourth-order valence-electron chi connectivity index (χ4n) is 2.60. The van der Waals surface area contributed by atoms with Gasteiger partial charge in [0.05, 0.1) is 6.54 Å². The van der Waals surface area contributed by atoms with Gasteiger partial charge < -0.3 is 10.2 Å². The maximum atomic E-state index is 12.2. The minimum Gasteiger partial charge on any atom is -0.342 e. The molecule has 1 amide bonds. The molecular formula is C14H27N3O. The van der Waals surface area contributed by atoms with E-state index in [-0.39, 0.29) is 5.91 Å². The molecule has 2 rings (SSSR count). The molecule has 0 aromatic heterocycles. The van der Waals surface area contributed by atoms with Crippen molar-refractivity contribution in [1.82, 2.24) is 15.1 Å². The second-order valence-electron chi connectivity index (χ2n) is 6.05. The van der Waals surface area contributed by atoms with Crippen molar-refractivity contribution < 1.29 is 4.79 Å². The molecule has 4 heteroatoms. The molecule has 0 spiro atoms. The fraction of sp³-hybridized carbons (Fsp3) is 0.929. The van der Waals surface area contributed by atoms with Crippen LogP contribution in [0.2, 0.25) is 0 Å². The lowest BCUT2D eigenvalue weighted by atomic mass is 10.2. The highest BCUT2D eigenvalue weighted by Crippen LogP contribution is 2.25. The van der Waals surface area contributed by atoms with Crippen LogP contribution in [0.3, 0.4) is 0 Å². The normalized spacial score (nSPS) is 23.9. The highest BCUT2D eigenvalue weighted by molar-refractivity contribution is 5.78. The molecule has 2 aliphatic rings. The van der Waals surface area contributed by atoms with Gasteiger partial charge in [0.2, 0.25) is 5.91 Å². The maximum absolute atomic E-state index is 12.2. The molecule has 1 saturated carbocycles. The zero-order chi connectivity index (χ0) is 13.1. The van der Waals surface area contributed by atoms with Crippen LogP contribution in [0.15, 0.2) is 0 Å². The van der Waals surface area contributed by atoms with Crippen molar-refractivity contribution in [3.05, 3.63) is 0 Å². The third-order valence-corrected chi connectivity index (χ3v) is 4.17. The third kappa shape index (κ3) is 3.69. The zero-order valence-corrected chi connectivity index (χ0v) is 12.0. The number of likely N-dealkylation sites (N-methyl/N-ethyl adjacent to an activating group) is 1. The summed E-state index contributed by atoms with van der Waals surface area (Å²) in [6.07, 6.45) is 4.89. The summed E-state index contributed by atoms with van der Waals surface area (Å²) in [5.41, 5.74) is 0. The van der Waals surface area contributed by atoms with Gasteiger partial charge in [-0.05, 0) is 46.1 Å². The molecule has 0 bridgehead atoms. The Labute approximate surface area is 111 Å². The predicted octanol–water partition coefficient (Wildman–Crippen LogP) is 1.07. The average molecular weight is 253 g/mol. The second-order valence-corrected chi connectivity index (χ2v) is 6.05. The Kier molecular flexibility index (Phi) is 4.62. The molecule has 4 nitrogen and oxygen atoms in total. The number of rotatable bonds is 6. The second kappa shape index (κ2) is 6.02. The highest BCUT2D eigenvalue weighted by Gasteiger charge is 2.31. The monoisotopic (exact) mass is 253 g/mol. The molecule has 0 radical (unpaired) electrons. The Hall–Kier alpha value is -0.610. The van der Waals surface area contributed by atoms with Gasteiger partial charge in [0, 0.05) is 31.7 Å². The molecule has 104 valence electrons. The Morgan fingerprint density at radius 2 is 2.06 bits per heavy atom. The van der Waals surface area contributed by atoms with E-state index in [1.165, 1.54) is 25.7 Å². The summed E-state index contributed by atoms with van der Waals surface area (Å²) in [6, 6.07) is 1.53. The van der Waals surface area contributed by atoms with Gasteiger partial charge in [0.25, 0.3) is 0 Å². The van der Waals surface area contributed by atoms with E-state index in [0.29, 0.717) is 24.7 Å². The summed E-state index contributed by atoms with van der Waals surface area (Å²) in [5.74, 6) is 0.282. The molecule has 2 fully saturated rings. The van der Waals surface area contributed by atoms with E-state index >= 15 is 0 Å². The molecule has 1 aliphatic heterocycles. The molecule has 0 aromatic rings. The smallest absolute Gasteiger partial charge is 0.236 e. The van der Waals surface area contributed by atoms with E-state index in [1.807, 2.05) is 11.9 Å². The van der Waals surface area contributed by atoms with E-state index in [2.05, 4.69) is 24.1 Å². The van der Waals surface area contributed by atoms with Gasteiger partial charge in [0.15, 0.2) is 0 Å². The Morgan fingerprint density at radius 3 is 2.56 bits per heavy atom. The number of amides is 1. The summed E-state index contributed by atoms with van der Waals surface area (Å²) >= 11 is 0. The summed E-state index contributed by atoms with van der Waals surface area (Å²) in [7, 11) is 1.95. The van der Waals surface area contributed by atoms with E-state index in [4.69, 9.17) is 0 Å². The van der Waals surface area contributed by atoms with Crippen LogP contribution in [0.4, 0.5) is 0 Å². The molecular weight excluding hydrogens is 226 g/mol. The highest BCUT2D eigenvalue weighted by atomic mass is 16.2. The first kappa shape index (κ1) is 13.8. The number of hydrogen-bond donors (Lipinski definition) is 1.